The van der Waals surface area contributed by atoms with Gasteiger partial charge in [0.25, 0.3) is 0 Å². The number of rotatable bonds is 10. The van der Waals surface area contributed by atoms with Crippen LogP contribution in [0.3, 0.4) is 0 Å². The molecule has 14 aromatic rings. The summed E-state index contributed by atoms with van der Waals surface area (Å²) in [5.74, 6) is 1.03. The number of hydrogen-bond acceptors (Lipinski definition) is 4. The topological polar surface area (TPSA) is 32.8 Å². The molecule has 2 aliphatic rings. The Morgan fingerprint density at radius 2 is 0.654 bits per heavy atom. The quantitative estimate of drug-likeness (QED) is 0.128. The van der Waals surface area contributed by atoms with Gasteiger partial charge in [-0.2, -0.15) is 0 Å². The van der Waals surface area contributed by atoms with E-state index in [1.165, 1.54) is 117 Å². The van der Waals surface area contributed by atoms with E-state index in [2.05, 4.69) is 240 Å². The lowest BCUT2D eigenvalue weighted by atomic mass is 9.91. The summed E-state index contributed by atoms with van der Waals surface area (Å²) in [6, 6.07) is 85.2. The number of benzene rings is 12. The van der Waals surface area contributed by atoms with Crippen LogP contribution in [0.2, 0.25) is 0 Å². The van der Waals surface area contributed by atoms with Crippen molar-refractivity contribution in [3.63, 3.8) is 0 Å². The van der Waals surface area contributed by atoms with E-state index in [4.69, 9.17) is 8.83 Å². The average Bonchev–Trinajstić information content (AvgIpc) is 4.48. The summed E-state index contributed by atoms with van der Waals surface area (Å²) in [4.78, 5) is 4.92. The molecule has 0 amide bonds. The minimum Gasteiger partial charge on any atom is -0.454 e. The van der Waals surface area contributed by atoms with Gasteiger partial charge in [-0.1, -0.05) is 208 Å². The Bertz CT molecular complexity index is 4300. The maximum atomic E-state index is 7.28. The van der Waals surface area contributed by atoms with Gasteiger partial charge >= 0.3 is 0 Å². The molecule has 12 aromatic carbocycles. The third-order valence-corrected chi connectivity index (χ3v) is 17.7. The molecule has 0 saturated heterocycles. The molecule has 4 nitrogen and oxygen atoms in total. The zero-order valence-electron chi connectivity index (χ0n) is 43.5. The molecule has 0 N–H and O–H groups in total. The highest BCUT2D eigenvalue weighted by atomic mass is 16.3. The number of furan rings is 2. The van der Waals surface area contributed by atoms with Gasteiger partial charge in [-0.15, -0.1) is 0 Å². The fraction of sp³-hybridized carbons (Fsp3) is 0.135. The monoisotopic (exact) mass is 1000 g/mol. The van der Waals surface area contributed by atoms with Gasteiger partial charge in [0.1, 0.15) is 11.2 Å². The molecule has 2 aliphatic carbocycles. The van der Waals surface area contributed by atoms with Gasteiger partial charge < -0.3 is 18.6 Å². The Balaban J connectivity index is 0.939. The van der Waals surface area contributed by atoms with Gasteiger partial charge in [-0.05, 0) is 141 Å². The van der Waals surface area contributed by atoms with Crippen molar-refractivity contribution in [3.05, 3.63) is 242 Å². The van der Waals surface area contributed by atoms with Crippen molar-refractivity contribution >= 4 is 110 Å². The van der Waals surface area contributed by atoms with Crippen molar-refractivity contribution in [1.29, 1.82) is 0 Å². The summed E-state index contributed by atoms with van der Waals surface area (Å²) in [6.07, 6.45) is 9.92. The predicted octanol–water partition coefficient (Wildman–Crippen LogP) is 22.0. The Hall–Kier alpha value is -9.12. The molecule has 78 heavy (non-hydrogen) atoms. The third kappa shape index (κ3) is 7.19. The van der Waals surface area contributed by atoms with E-state index in [-0.39, 0.29) is 0 Å². The summed E-state index contributed by atoms with van der Waals surface area (Å²) in [5, 5.41) is 11.8. The SMILES string of the molecule is c1ccc(-c2cccc(N(c3ccc4ccc5c(N(c6cccc(-c7ccccc7)c6)c6cccc7c6oc6c(C8CCCC8)cccc67)ccc6ccc3c4c65)c3cccc4c3oc3c(C5CCCC5)cccc34)c2)cc1. The molecule has 0 aliphatic heterocycles. The highest BCUT2D eigenvalue weighted by Gasteiger charge is 2.29. The number of fused-ring (bicyclic) bond motifs is 6. The van der Waals surface area contributed by atoms with E-state index in [1.807, 2.05) is 0 Å². The zero-order chi connectivity index (χ0) is 51.3. The van der Waals surface area contributed by atoms with Crippen LogP contribution in [0.1, 0.15) is 74.3 Å². The second-order valence-corrected chi connectivity index (χ2v) is 22.0. The molecular weight excluding hydrogens is 949 g/mol. The van der Waals surface area contributed by atoms with E-state index in [0.29, 0.717) is 11.8 Å². The van der Waals surface area contributed by atoms with E-state index in [9.17, 15) is 0 Å². The molecule has 2 aromatic heterocycles. The lowest BCUT2D eigenvalue weighted by molar-refractivity contribution is 0.643. The molecule has 0 unspecified atom stereocenters. The zero-order valence-corrected chi connectivity index (χ0v) is 43.5. The highest BCUT2D eigenvalue weighted by Crippen LogP contribution is 2.52. The van der Waals surface area contributed by atoms with Crippen LogP contribution in [0.4, 0.5) is 34.1 Å². The first-order valence-electron chi connectivity index (χ1n) is 28.2. The van der Waals surface area contributed by atoms with Crippen molar-refractivity contribution in [2.45, 2.75) is 63.2 Å². The summed E-state index contributed by atoms with van der Waals surface area (Å²) in [7, 11) is 0. The molecule has 4 heteroatoms. The molecule has 374 valence electrons. The fourth-order valence-electron chi connectivity index (χ4n) is 14.0. The molecule has 2 saturated carbocycles. The van der Waals surface area contributed by atoms with Gasteiger partial charge in [-0.25, -0.2) is 0 Å². The van der Waals surface area contributed by atoms with Gasteiger partial charge in [0.2, 0.25) is 0 Å². The maximum absolute atomic E-state index is 7.28. The largest absolute Gasteiger partial charge is 0.454 e. The number of nitrogens with zero attached hydrogens (tertiary/aromatic N) is 2. The predicted molar refractivity (Wildman–Crippen MR) is 327 cm³/mol. The minimum absolute atomic E-state index is 0.517. The second kappa shape index (κ2) is 18.3. The number of anilines is 6. The van der Waals surface area contributed by atoms with E-state index < -0.39 is 0 Å². The first-order chi connectivity index (χ1) is 38.7. The van der Waals surface area contributed by atoms with Crippen molar-refractivity contribution in [1.82, 2.24) is 0 Å². The van der Waals surface area contributed by atoms with Crippen LogP contribution in [0.25, 0.3) is 98.4 Å². The molecule has 0 spiro atoms. The van der Waals surface area contributed by atoms with Crippen LogP contribution in [0, 0.1) is 0 Å². The third-order valence-electron chi connectivity index (χ3n) is 17.7. The van der Waals surface area contributed by atoms with Crippen molar-refractivity contribution < 1.29 is 8.83 Å². The standard InChI is InChI=1S/C74H56N2O2/c1-3-17-47(18-4-1)53-25-11-27-55(45-53)75(67-35-15-33-61-59-31-13-29-57(49-21-7-8-22-49)71(59)77-73(61)67)65-43-39-51-38-42-64-66(44-40-52-37-41-63(65)69(51)70(52)64)76(56-28-12-26-54(46-56)48-19-5-2-6-20-48)68-36-16-34-62-60-32-14-30-58(50-23-9-10-24-50)72(60)78-74(62)68/h1-6,11-20,25-46,49-50H,7-10,21-24H2. The van der Waals surface area contributed by atoms with Gasteiger partial charge in [0, 0.05) is 43.7 Å². The summed E-state index contributed by atoms with van der Waals surface area (Å²) in [6.45, 7) is 0. The second-order valence-electron chi connectivity index (χ2n) is 22.0. The molecular formula is C74H56N2O2. The van der Waals surface area contributed by atoms with Crippen LogP contribution < -0.4 is 9.80 Å². The van der Waals surface area contributed by atoms with Crippen molar-refractivity contribution in [3.8, 4) is 22.3 Å². The van der Waals surface area contributed by atoms with Crippen LogP contribution in [-0.4, -0.2) is 0 Å². The summed E-state index contributed by atoms with van der Waals surface area (Å²) < 4.78 is 14.6. The van der Waals surface area contributed by atoms with Crippen LogP contribution in [0.5, 0.6) is 0 Å². The lowest BCUT2D eigenvalue weighted by Crippen LogP contribution is -2.12. The van der Waals surface area contributed by atoms with E-state index in [1.54, 1.807) is 0 Å². The molecule has 2 heterocycles. The first kappa shape index (κ1) is 45.1. The molecule has 16 rings (SSSR count). The Morgan fingerprint density at radius 1 is 0.282 bits per heavy atom. The molecule has 2 fully saturated rings. The smallest absolute Gasteiger partial charge is 0.159 e. The van der Waals surface area contributed by atoms with Crippen LogP contribution >= 0.6 is 0 Å². The normalized spacial score (nSPS) is 14.4. The van der Waals surface area contributed by atoms with Crippen molar-refractivity contribution in [2.24, 2.45) is 0 Å². The summed E-state index contributed by atoms with van der Waals surface area (Å²) >= 11 is 0. The average molecular weight is 1010 g/mol. The van der Waals surface area contributed by atoms with Crippen molar-refractivity contribution in [2.75, 3.05) is 9.80 Å². The molecule has 0 radical (unpaired) electrons. The number of hydrogen-bond donors (Lipinski definition) is 0. The van der Waals surface area contributed by atoms with Crippen LogP contribution in [-0.2, 0) is 0 Å². The minimum atomic E-state index is 0.517. The van der Waals surface area contributed by atoms with Crippen LogP contribution in [0.15, 0.2) is 239 Å². The molecule has 0 bridgehead atoms. The fourth-order valence-corrected chi connectivity index (χ4v) is 14.0. The van der Waals surface area contributed by atoms with Gasteiger partial charge in [0.05, 0.1) is 22.7 Å². The highest BCUT2D eigenvalue weighted by molar-refractivity contribution is 6.29. The van der Waals surface area contributed by atoms with E-state index >= 15 is 0 Å². The number of para-hydroxylation sites is 4. The Labute approximate surface area is 453 Å². The summed E-state index contributed by atoms with van der Waals surface area (Å²) in [5.41, 5.74) is 17.6. The van der Waals surface area contributed by atoms with Gasteiger partial charge in [-0.3, -0.25) is 0 Å². The molecule has 0 atom stereocenters. The van der Waals surface area contributed by atoms with E-state index in [0.717, 1.165) is 78.4 Å². The van der Waals surface area contributed by atoms with Gasteiger partial charge in [0.15, 0.2) is 11.2 Å². The maximum Gasteiger partial charge on any atom is 0.159 e. The Morgan fingerprint density at radius 3 is 1.09 bits per heavy atom. The Kier molecular flexibility index (Phi) is 10.6. The lowest BCUT2D eigenvalue weighted by Gasteiger charge is -2.29. The first-order valence-corrected chi connectivity index (χ1v) is 28.2.